The maximum atomic E-state index is 12.8. The molecule has 3 atom stereocenters. The number of amides is 1. The minimum Gasteiger partial charge on any atom is -0.444 e. The zero-order valence-electron chi connectivity index (χ0n) is 16.7. The second kappa shape index (κ2) is 10.1. The number of carbonyl (C=O) groups is 2. The van der Waals surface area contributed by atoms with E-state index in [1.165, 1.54) is 0 Å². The summed E-state index contributed by atoms with van der Waals surface area (Å²) in [7, 11) is 0. The molecular formula is C20H37NO4. The van der Waals surface area contributed by atoms with E-state index in [-0.39, 0.29) is 30.1 Å². The summed E-state index contributed by atoms with van der Waals surface area (Å²) in [6, 6.07) is 0.120. The molecule has 5 nitrogen and oxygen atoms in total. The third-order valence-corrected chi connectivity index (χ3v) is 4.70. The first kappa shape index (κ1) is 21.9. The number of aliphatic hydroxyl groups excluding tert-OH is 1. The Morgan fingerprint density at radius 3 is 2.44 bits per heavy atom. The van der Waals surface area contributed by atoms with Gasteiger partial charge in [-0.05, 0) is 72.6 Å². The Morgan fingerprint density at radius 1 is 1.24 bits per heavy atom. The van der Waals surface area contributed by atoms with E-state index < -0.39 is 5.60 Å². The molecule has 1 aliphatic heterocycles. The summed E-state index contributed by atoms with van der Waals surface area (Å²) in [5.41, 5.74) is -0.537. The van der Waals surface area contributed by atoms with Crippen LogP contribution in [-0.4, -0.2) is 45.7 Å². The Morgan fingerprint density at radius 2 is 1.88 bits per heavy atom. The van der Waals surface area contributed by atoms with Crippen molar-refractivity contribution in [1.29, 1.82) is 0 Å². The van der Waals surface area contributed by atoms with E-state index in [4.69, 9.17) is 4.74 Å². The van der Waals surface area contributed by atoms with Gasteiger partial charge < -0.3 is 19.5 Å². The van der Waals surface area contributed by atoms with Gasteiger partial charge in [-0.1, -0.05) is 13.3 Å². The number of nitrogens with zero attached hydrogens (tertiary/aromatic N) is 1. The fourth-order valence-electron chi connectivity index (χ4n) is 3.64. The number of rotatable bonds is 8. The lowest BCUT2D eigenvalue weighted by atomic mass is 9.89. The van der Waals surface area contributed by atoms with Gasteiger partial charge in [0.15, 0.2) is 0 Å². The number of ether oxygens (including phenoxy) is 1. The van der Waals surface area contributed by atoms with Crippen LogP contribution >= 0.6 is 0 Å². The Bertz CT molecular complexity index is 430. The SMILES string of the molecule is CCC[C@@H](O)C[C@@H]1CCC[C@@H](CCCC(C)=O)N1C(=O)OC(C)(C)C. The Balaban J connectivity index is 2.84. The van der Waals surface area contributed by atoms with Gasteiger partial charge >= 0.3 is 6.09 Å². The van der Waals surface area contributed by atoms with Gasteiger partial charge in [-0.15, -0.1) is 0 Å². The molecule has 1 saturated heterocycles. The van der Waals surface area contributed by atoms with Crippen LogP contribution in [0.3, 0.4) is 0 Å². The lowest BCUT2D eigenvalue weighted by Crippen LogP contribution is -2.52. The van der Waals surface area contributed by atoms with E-state index in [2.05, 4.69) is 6.92 Å². The van der Waals surface area contributed by atoms with Crippen LogP contribution in [0, 0.1) is 0 Å². The minimum atomic E-state index is -0.537. The zero-order valence-corrected chi connectivity index (χ0v) is 16.7. The molecule has 25 heavy (non-hydrogen) atoms. The summed E-state index contributed by atoms with van der Waals surface area (Å²) in [6.45, 7) is 9.29. The first-order valence-corrected chi connectivity index (χ1v) is 9.82. The predicted octanol–water partition coefficient (Wildman–Crippen LogP) is 4.46. The highest BCUT2D eigenvalue weighted by Gasteiger charge is 2.37. The zero-order chi connectivity index (χ0) is 19.0. The van der Waals surface area contributed by atoms with E-state index in [1.54, 1.807) is 6.92 Å². The van der Waals surface area contributed by atoms with E-state index in [0.717, 1.165) is 44.9 Å². The topological polar surface area (TPSA) is 66.8 Å². The smallest absolute Gasteiger partial charge is 0.410 e. The van der Waals surface area contributed by atoms with Crippen molar-refractivity contribution in [1.82, 2.24) is 4.90 Å². The van der Waals surface area contributed by atoms with E-state index in [0.29, 0.717) is 12.8 Å². The van der Waals surface area contributed by atoms with Crippen LogP contribution in [0.1, 0.15) is 92.4 Å². The van der Waals surface area contributed by atoms with Gasteiger partial charge in [-0.2, -0.15) is 0 Å². The van der Waals surface area contributed by atoms with Gasteiger partial charge in [0, 0.05) is 18.5 Å². The van der Waals surface area contributed by atoms with Crippen LogP contribution in [0.4, 0.5) is 4.79 Å². The summed E-state index contributed by atoms with van der Waals surface area (Å²) in [5, 5.41) is 10.2. The first-order chi connectivity index (χ1) is 11.6. The van der Waals surface area contributed by atoms with Crippen LogP contribution in [-0.2, 0) is 9.53 Å². The van der Waals surface area contributed by atoms with Crippen LogP contribution in [0.15, 0.2) is 0 Å². The average Bonchev–Trinajstić information content (AvgIpc) is 2.45. The molecule has 0 bridgehead atoms. The van der Waals surface area contributed by atoms with Crippen molar-refractivity contribution in [2.75, 3.05) is 0 Å². The van der Waals surface area contributed by atoms with Gasteiger partial charge in [0.25, 0.3) is 0 Å². The van der Waals surface area contributed by atoms with Crippen molar-refractivity contribution in [3.05, 3.63) is 0 Å². The molecule has 1 fully saturated rings. The highest BCUT2D eigenvalue weighted by atomic mass is 16.6. The Kier molecular flexibility index (Phi) is 8.91. The summed E-state index contributed by atoms with van der Waals surface area (Å²) in [5.74, 6) is 0.189. The molecule has 0 aromatic rings. The monoisotopic (exact) mass is 355 g/mol. The molecule has 1 N–H and O–H groups in total. The summed E-state index contributed by atoms with van der Waals surface area (Å²) in [4.78, 5) is 25.9. The molecule has 0 aromatic heterocycles. The van der Waals surface area contributed by atoms with Gasteiger partial charge in [0.1, 0.15) is 11.4 Å². The second-order valence-electron chi connectivity index (χ2n) is 8.40. The summed E-state index contributed by atoms with van der Waals surface area (Å²) >= 11 is 0. The largest absolute Gasteiger partial charge is 0.444 e. The Hall–Kier alpha value is -1.10. The molecular weight excluding hydrogens is 318 g/mol. The van der Waals surface area contributed by atoms with E-state index >= 15 is 0 Å². The lowest BCUT2D eigenvalue weighted by molar-refractivity contribution is -0.117. The van der Waals surface area contributed by atoms with Gasteiger partial charge in [0.2, 0.25) is 0 Å². The van der Waals surface area contributed by atoms with Crippen LogP contribution in [0.25, 0.3) is 0 Å². The molecule has 146 valence electrons. The van der Waals surface area contributed by atoms with E-state index in [9.17, 15) is 14.7 Å². The maximum Gasteiger partial charge on any atom is 0.410 e. The molecule has 5 heteroatoms. The van der Waals surface area contributed by atoms with Crippen LogP contribution in [0.5, 0.6) is 0 Å². The molecule has 0 saturated carbocycles. The Labute approximate surface area is 153 Å². The number of ketones is 1. The first-order valence-electron chi connectivity index (χ1n) is 9.82. The number of hydrogen-bond acceptors (Lipinski definition) is 4. The third-order valence-electron chi connectivity index (χ3n) is 4.70. The fraction of sp³-hybridized carbons (Fsp3) is 0.900. The number of aliphatic hydroxyl groups is 1. The average molecular weight is 356 g/mol. The standard InChI is InChI=1S/C20H37NO4/c1-6-9-18(23)14-17-13-8-12-16(11-7-10-15(2)22)21(17)19(24)25-20(3,4)5/h16-18,23H,6-14H2,1-5H3/t16-,17+,18-/m1/s1. The number of piperidine rings is 1. The predicted molar refractivity (Wildman–Crippen MR) is 99.6 cm³/mol. The second-order valence-corrected chi connectivity index (χ2v) is 8.40. The van der Waals surface area contributed by atoms with Crippen LogP contribution < -0.4 is 0 Å². The van der Waals surface area contributed by atoms with Crippen molar-refractivity contribution >= 4 is 11.9 Å². The molecule has 1 heterocycles. The molecule has 1 aliphatic rings. The summed E-state index contributed by atoms with van der Waals surface area (Å²) < 4.78 is 5.65. The van der Waals surface area contributed by atoms with Crippen molar-refractivity contribution in [2.45, 2.75) is 116 Å². The molecule has 1 amide bonds. The highest BCUT2D eigenvalue weighted by Crippen LogP contribution is 2.31. The number of Topliss-reactive ketones (excluding diaryl/α,β-unsaturated/α-hetero) is 1. The third kappa shape index (κ3) is 8.21. The normalized spacial score (nSPS) is 22.6. The van der Waals surface area contributed by atoms with E-state index in [1.807, 2.05) is 25.7 Å². The molecule has 1 rings (SSSR count). The highest BCUT2D eigenvalue weighted by molar-refractivity contribution is 5.75. The molecule has 0 aromatic carbocycles. The molecule has 0 spiro atoms. The lowest BCUT2D eigenvalue weighted by Gasteiger charge is -2.43. The molecule has 0 radical (unpaired) electrons. The number of likely N-dealkylation sites (tertiary alicyclic amines) is 1. The van der Waals surface area contributed by atoms with Gasteiger partial charge in [0.05, 0.1) is 6.10 Å². The molecule has 0 unspecified atom stereocenters. The van der Waals surface area contributed by atoms with Crippen molar-refractivity contribution < 1.29 is 19.4 Å². The van der Waals surface area contributed by atoms with Crippen LogP contribution in [0.2, 0.25) is 0 Å². The maximum absolute atomic E-state index is 12.8. The fourth-order valence-corrected chi connectivity index (χ4v) is 3.64. The quantitative estimate of drug-likeness (QED) is 0.698. The summed E-state index contributed by atoms with van der Waals surface area (Å²) in [6.07, 6.45) is 6.70. The van der Waals surface area contributed by atoms with Crippen molar-refractivity contribution in [3.8, 4) is 0 Å². The number of hydrogen-bond donors (Lipinski definition) is 1. The van der Waals surface area contributed by atoms with Gasteiger partial charge in [-0.25, -0.2) is 4.79 Å². The molecule has 0 aliphatic carbocycles. The van der Waals surface area contributed by atoms with Crippen molar-refractivity contribution in [3.63, 3.8) is 0 Å². The number of carbonyl (C=O) groups excluding carboxylic acids is 2. The minimum absolute atomic E-state index is 0.0208. The van der Waals surface area contributed by atoms with Crippen molar-refractivity contribution in [2.24, 2.45) is 0 Å². The van der Waals surface area contributed by atoms with Gasteiger partial charge in [-0.3, -0.25) is 0 Å².